The molecule has 4 aliphatic carbocycles. The van der Waals surface area contributed by atoms with Gasteiger partial charge in [0.1, 0.15) is 5.82 Å². The van der Waals surface area contributed by atoms with Gasteiger partial charge in [-0.3, -0.25) is 4.79 Å². The van der Waals surface area contributed by atoms with Gasteiger partial charge in [-0.25, -0.2) is 9.18 Å². The average molecular weight is 384 g/mol. The van der Waals surface area contributed by atoms with Crippen LogP contribution in [0.4, 0.5) is 4.39 Å². The molecular formula is C22H25FN2O3. The minimum Gasteiger partial charge on any atom is -0.452 e. The molecular weight excluding hydrogens is 359 g/mol. The SMILES string of the molecule is N#CCCN(C(=O)COC(=O)c1ccccc1F)C12CC3CC(CC(C3)C1)C2. The molecule has 4 saturated carbocycles. The molecule has 4 fully saturated rings. The van der Waals surface area contributed by atoms with Crippen LogP contribution in [-0.2, 0) is 9.53 Å². The summed E-state index contributed by atoms with van der Waals surface area (Å²) < 4.78 is 18.9. The summed E-state index contributed by atoms with van der Waals surface area (Å²) >= 11 is 0. The fraction of sp³-hybridized carbons (Fsp3) is 0.591. The van der Waals surface area contributed by atoms with E-state index in [2.05, 4.69) is 6.07 Å². The van der Waals surface area contributed by atoms with E-state index in [1.54, 1.807) is 6.07 Å². The fourth-order valence-electron chi connectivity index (χ4n) is 6.09. The highest BCUT2D eigenvalue weighted by Gasteiger charge is 2.54. The second-order valence-electron chi connectivity index (χ2n) is 8.65. The highest BCUT2D eigenvalue weighted by atomic mass is 19.1. The Labute approximate surface area is 164 Å². The number of carbonyl (C=O) groups is 2. The zero-order chi connectivity index (χ0) is 19.7. The molecule has 0 N–H and O–H groups in total. The Morgan fingerprint density at radius 2 is 1.75 bits per heavy atom. The molecule has 6 heteroatoms. The summed E-state index contributed by atoms with van der Waals surface area (Å²) in [5, 5.41) is 9.06. The molecule has 0 unspecified atom stereocenters. The number of amides is 1. The molecule has 4 aliphatic rings. The van der Waals surface area contributed by atoms with Crippen LogP contribution in [-0.4, -0.2) is 35.5 Å². The van der Waals surface area contributed by atoms with Gasteiger partial charge < -0.3 is 9.64 Å². The summed E-state index contributed by atoms with van der Waals surface area (Å²) in [6, 6.07) is 7.71. The number of esters is 1. The molecule has 28 heavy (non-hydrogen) atoms. The van der Waals surface area contributed by atoms with E-state index < -0.39 is 18.4 Å². The van der Waals surface area contributed by atoms with E-state index in [0.29, 0.717) is 24.3 Å². The van der Waals surface area contributed by atoms with Gasteiger partial charge >= 0.3 is 5.97 Å². The van der Waals surface area contributed by atoms with Crippen LogP contribution in [0.1, 0.15) is 55.3 Å². The molecule has 0 saturated heterocycles. The first-order chi connectivity index (χ1) is 13.5. The number of carbonyl (C=O) groups excluding carboxylic acids is 2. The highest BCUT2D eigenvalue weighted by molar-refractivity contribution is 5.91. The molecule has 1 aromatic carbocycles. The van der Waals surface area contributed by atoms with Crippen molar-refractivity contribution in [3.05, 3.63) is 35.6 Å². The van der Waals surface area contributed by atoms with Crippen molar-refractivity contribution in [3.63, 3.8) is 0 Å². The van der Waals surface area contributed by atoms with E-state index in [1.807, 2.05) is 4.90 Å². The van der Waals surface area contributed by atoms with Gasteiger partial charge in [0, 0.05) is 12.1 Å². The van der Waals surface area contributed by atoms with Crippen LogP contribution in [0.15, 0.2) is 24.3 Å². The summed E-state index contributed by atoms with van der Waals surface area (Å²) in [7, 11) is 0. The molecule has 5 nitrogen and oxygen atoms in total. The predicted molar refractivity (Wildman–Crippen MR) is 99.5 cm³/mol. The van der Waals surface area contributed by atoms with E-state index in [4.69, 9.17) is 10.00 Å². The molecule has 5 rings (SSSR count). The van der Waals surface area contributed by atoms with Crippen LogP contribution >= 0.6 is 0 Å². The van der Waals surface area contributed by atoms with Gasteiger partial charge in [-0.1, -0.05) is 12.1 Å². The van der Waals surface area contributed by atoms with E-state index in [9.17, 15) is 14.0 Å². The smallest absolute Gasteiger partial charge is 0.341 e. The minimum absolute atomic E-state index is 0.173. The van der Waals surface area contributed by atoms with Crippen LogP contribution in [0.2, 0.25) is 0 Å². The minimum atomic E-state index is -0.836. The molecule has 4 bridgehead atoms. The Kier molecular flexibility index (Phi) is 5.09. The third-order valence-corrected chi connectivity index (χ3v) is 6.75. The maximum absolute atomic E-state index is 13.8. The van der Waals surface area contributed by atoms with Crippen molar-refractivity contribution in [2.24, 2.45) is 17.8 Å². The third kappa shape index (κ3) is 3.50. The van der Waals surface area contributed by atoms with Gasteiger partial charge in [0.15, 0.2) is 6.61 Å². The maximum Gasteiger partial charge on any atom is 0.341 e. The molecule has 1 aromatic rings. The van der Waals surface area contributed by atoms with Crippen LogP contribution in [0.3, 0.4) is 0 Å². The summed E-state index contributed by atoms with van der Waals surface area (Å²) in [4.78, 5) is 27.0. The molecule has 1 amide bonds. The number of ether oxygens (including phenoxy) is 1. The average Bonchev–Trinajstić information content (AvgIpc) is 2.65. The number of hydrogen-bond acceptors (Lipinski definition) is 4. The summed E-state index contributed by atoms with van der Waals surface area (Å²) in [6.07, 6.45) is 6.96. The van der Waals surface area contributed by atoms with Gasteiger partial charge in [0.05, 0.1) is 18.1 Å². The fourth-order valence-corrected chi connectivity index (χ4v) is 6.09. The second kappa shape index (κ2) is 7.54. The van der Waals surface area contributed by atoms with Crippen molar-refractivity contribution in [1.29, 1.82) is 5.26 Å². The molecule has 0 heterocycles. The van der Waals surface area contributed by atoms with Gasteiger partial charge in [-0.05, 0) is 68.4 Å². The first-order valence-electron chi connectivity index (χ1n) is 10.1. The van der Waals surface area contributed by atoms with Crippen LogP contribution < -0.4 is 0 Å². The van der Waals surface area contributed by atoms with Crippen molar-refractivity contribution in [3.8, 4) is 6.07 Å². The molecule has 148 valence electrons. The van der Waals surface area contributed by atoms with Crippen molar-refractivity contribution >= 4 is 11.9 Å². The first kappa shape index (κ1) is 18.9. The van der Waals surface area contributed by atoms with Crippen molar-refractivity contribution in [2.45, 2.75) is 50.5 Å². The highest BCUT2D eigenvalue weighted by Crippen LogP contribution is 2.57. The molecule has 0 spiro atoms. The van der Waals surface area contributed by atoms with Gasteiger partial charge in [0.25, 0.3) is 5.91 Å². The molecule has 0 aliphatic heterocycles. The van der Waals surface area contributed by atoms with E-state index in [-0.39, 0.29) is 23.4 Å². The Bertz CT molecular complexity index is 781. The Hall–Kier alpha value is -2.42. The number of halogens is 1. The summed E-state index contributed by atoms with van der Waals surface area (Å²) in [5.74, 6) is 0.195. The van der Waals surface area contributed by atoms with Crippen molar-refractivity contribution in [2.75, 3.05) is 13.2 Å². The number of hydrogen-bond donors (Lipinski definition) is 0. The lowest BCUT2D eigenvalue weighted by Crippen LogP contribution is -2.62. The largest absolute Gasteiger partial charge is 0.452 e. The summed E-state index contributed by atoms with van der Waals surface area (Å²) in [5.41, 5.74) is -0.374. The van der Waals surface area contributed by atoms with Gasteiger partial charge in [0.2, 0.25) is 0 Å². The van der Waals surface area contributed by atoms with E-state index in [0.717, 1.165) is 19.3 Å². The standard InChI is InChI=1S/C22H25FN2O3/c23-19-5-2-1-4-18(19)21(27)28-14-20(26)25(7-3-6-24)22-11-15-8-16(12-22)10-17(9-15)13-22/h1-2,4-5,15-17H,3,7-14H2. The van der Waals surface area contributed by atoms with Gasteiger partial charge in [-0.15, -0.1) is 0 Å². The van der Waals surface area contributed by atoms with Crippen LogP contribution in [0.5, 0.6) is 0 Å². The third-order valence-electron chi connectivity index (χ3n) is 6.75. The van der Waals surface area contributed by atoms with Crippen molar-refractivity contribution < 1.29 is 18.7 Å². The zero-order valence-electron chi connectivity index (χ0n) is 15.9. The lowest BCUT2D eigenvalue weighted by Gasteiger charge is -2.60. The lowest BCUT2D eigenvalue weighted by molar-refractivity contribution is -0.153. The van der Waals surface area contributed by atoms with Crippen LogP contribution in [0, 0.1) is 34.9 Å². The Morgan fingerprint density at radius 1 is 1.14 bits per heavy atom. The maximum atomic E-state index is 13.8. The second-order valence-corrected chi connectivity index (χ2v) is 8.65. The molecule has 0 atom stereocenters. The number of nitrogens with zero attached hydrogens (tertiary/aromatic N) is 2. The van der Waals surface area contributed by atoms with Crippen molar-refractivity contribution in [1.82, 2.24) is 4.90 Å². The summed E-state index contributed by atoms with van der Waals surface area (Å²) in [6.45, 7) is -0.0565. The normalized spacial score (nSPS) is 29.9. The lowest BCUT2D eigenvalue weighted by atomic mass is 9.52. The first-order valence-corrected chi connectivity index (χ1v) is 10.1. The Balaban J connectivity index is 1.47. The van der Waals surface area contributed by atoms with E-state index in [1.165, 1.54) is 37.5 Å². The topological polar surface area (TPSA) is 70.4 Å². The number of nitriles is 1. The quantitative estimate of drug-likeness (QED) is 0.702. The predicted octanol–water partition coefficient (Wildman–Crippen LogP) is 3.69. The molecule has 0 radical (unpaired) electrons. The van der Waals surface area contributed by atoms with E-state index >= 15 is 0 Å². The zero-order valence-corrected chi connectivity index (χ0v) is 15.9. The number of rotatable bonds is 6. The van der Waals surface area contributed by atoms with Gasteiger partial charge in [-0.2, -0.15) is 5.26 Å². The Morgan fingerprint density at radius 3 is 2.32 bits per heavy atom. The number of benzene rings is 1. The molecule has 0 aromatic heterocycles. The van der Waals surface area contributed by atoms with Crippen LogP contribution in [0.25, 0.3) is 0 Å². The monoisotopic (exact) mass is 384 g/mol.